The Bertz CT molecular complexity index is 1330. The van der Waals surface area contributed by atoms with Gasteiger partial charge in [-0.05, 0) is 61.9 Å². The van der Waals surface area contributed by atoms with E-state index in [0.29, 0.717) is 36.5 Å². The van der Waals surface area contributed by atoms with Crippen LogP contribution >= 0.6 is 47.2 Å². The number of benzene rings is 2. The lowest BCUT2D eigenvalue weighted by atomic mass is 10.2. The first-order valence-corrected chi connectivity index (χ1v) is 11.6. The zero-order valence-corrected chi connectivity index (χ0v) is 20.2. The minimum Gasteiger partial charge on any atom is -0.454 e. The molecule has 0 unspecified atom stereocenters. The van der Waals surface area contributed by atoms with Crippen LogP contribution in [0.4, 0.5) is 5.69 Å². The van der Waals surface area contributed by atoms with E-state index in [2.05, 4.69) is 4.57 Å². The third-order valence-electron chi connectivity index (χ3n) is 5.33. The van der Waals surface area contributed by atoms with Crippen LogP contribution in [0.1, 0.15) is 17.0 Å². The first kappa shape index (κ1) is 21.4. The number of anilines is 1. The fraction of sp³-hybridized carbons (Fsp3) is 0.130. The van der Waals surface area contributed by atoms with E-state index < -0.39 is 0 Å². The summed E-state index contributed by atoms with van der Waals surface area (Å²) in [5.74, 6) is 1.09. The predicted molar refractivity (Wildman–Crippen MR) is 133 cm³/mol. The minimum atomic E-state index is -0.168. The molecule has 5 nitrogen and oxygen atoms in total. The molecule has 2 aliphatic heterocycles. The monoisotopic (exact) mass is 502 g/mol. The standard InChI is InChI=1S/C23H16Cl2N2O3S2/c1-12-7-14(13(2)26(12)15-3-5-17(24)18(25)9-15)8-21-22(28)27(23(31)32-21)16-4-6-19-20(10-16)30-11-29-19/h3-10H,11H2,1-2H3/b21-8+. The van der Waals surface area contributed by atoms with Gasteiger partial charge in [0, 0.05) is 23.1 Å². The van der Waals surface area contributed by atoms with Crippen molar-refractivity contribution in [3.63, 3.8) is 0 Å². The maximum atomic E-state index is 13.2. The average Bonchev–Trinajstić information content (AvgIpc) is 3.41. The summed E-state index contributed by atoms with van der Waals surface area (Å²) in [5.41, 5.74) is 4.48. The number of fused-ring (bicyclic) bond motifs is 1. The largest absolute Gasteiger partial charge is 0.454 e. The number of hydrogen-bond acceptors (Lipinski definition) is 5. The predicted octanol–water partition coefficient (Wildman–Crippen LogP) is 6.54. The van der Waals surface area contributed by atoms with Crippen LogP contribution in [0.3, 0.4) is 0 Å². The molecule has 0 bridgehead atoms. The molecule has 2 aromatic carbocycles. The van der Waals surface area contributed by atoms with Gasteiger partial charge >= 0.3 is 0 Å². The van der Waals surface area contributed by atoms with E-state index in [1.165, 1.54) is 16.7 Å². The number of ether oxygens (including phenoxy) is 2. The summed E-state index contributed by atoms with van der Waals surface area (Å²) in [6.45, 7) is 4.18. The Hall–Kier alpha value is -2.45. The summed E-state index contributed by atoms with van der Waals surface area (Å²) in [5, 5.41) is 0.994. The van der Waals surface area contributed by atoms with E-state index >= 15 is 0 Å². The highest BCUT2D eigenvalue weighted by atomic mass is 35.5. The van der Waals surface area contributed by atoms with E-state index in [1.807, 2.05) is 38.1 Å². The summed E-state index contributed by atoms with van der Waals surface area (Å²) in [6.07, 6.45) is 1.88. The lowest BCUT2D eigenvalue weighted by Gasteiger charge is -2.14. The number of hydrogen-bond donors (Lipinski definition) is 0. The third kappa shape index (κ3) is 3.59. The summed E-state index contributed by atoms with van der Waals surface area (Å²) in [4.78, 5) is 15.3. The van der Waals surface area contributed by atoms with Crippen LogP contribution in [0.25, 0.3) is 11.8 Å². The topological polar surface area (TPSA) is 43.7 Å². The number of thiocarbonyl (C=S) groups is 1. The number of thioether (sulfide) groups is 1. The molecule has 3 aromatic rings. The van der Waals surface area contributed by atoms with E-state index in [0.717, 1.165) is 22.6 Å². The number of amides is 1. The van der Waals surface area contributed by atoms with Gasteiger partial charge in [0.2, 0.25) is 6.79 Å². The first-order valence-electron chi connectivity index (χ1n) is 9.65. The lowest BCUT2D eigenvalue weighted by molar-refractivity contribution is -0.113. The van der Waals surface area contributed by atoms with Gasteiger partial charge in [0.1, 0.15) is 0 Å². The van der Waals surface area contributed by atoms with Crippen LogP contribution in [0.15, 0.2) is 47.4 Å². The quantitative estimate of drug-likeness (QED) is 0.300. The molecule has 1 amide bonds. The summed E-state index contributed by atoms with van der Waals surface area (Å²) < 4.78 is 13.3. The Balaban J connectivity index is 1.49. The molecule has 2 aliphatic rings. The molecule has 0 atom stereocenters. The van der Waals surface area contributed by atoms with Gasteiger partial charge in [-0.1, -0.05) is 47.2 Å². The van der Waals surface area contributed by atoms with Crippen LogP contribution in [0.2, 0.25) is 10.0 Å². The van der Waals surface area contributed by atoms with E-state index in [4.69, 9.17) is 44.9 Å². The summed E-state index contributed by atoms with van der Waals surface area (Å²) in [7, 11) is 0. The van der Waals surface area contributed by atoms with Gasteiger partial charge in [0.25, 0.3) is 5.91 Å². The Morgan fingerprint density at radius 3 is 2.53 bits per heavy atom. The molecule has 0 radical (unpaired) electrons. The van der Waals surface area contributed by atoms with Crippen molar-refractivity contribution in [1.82, 2.24) is 4.57 Å². The van der Waals surface area contributed by atoms with Crippen molar-refractivity contribution in [2.45, 2.75) is 13.8 Å². The van der Waals surface area contributed by atoms with E-state index in [1.54, 1.807) is 24.3 Å². The Morgan fingerprint density at radius 2 is 1.75 bits per heavy atom. The number of carbonyl (C=O) groups is 1. The van der Waals surface area contributed by atoms with Gasteiger partial charge in [-0.15, -0.1) is 0 Å². The van der Waals surface area contributed by atoms with Crippen molar-refractivity contribution >= 4 is 69.2 Å². The average molecular weight is 503 g/mol. The Labute approximate surface area is 204 Å². The second kappa shape index (κ2) is 8.15. The van der Waals surface area contributed by atoms with Crippen molar-refractivity contribution in [3.8, 4) is 17.2 Å². The highest BCUT2D eigenvalue weighted by Crippen LogP contribution is 2.41. The fourth-order valence-corrected chi connectivity index (χ4v) is 5.39. The Morgan fingerprint density at radius 1 is 1.00 bits per heavy atom. The van der Waals surface area contributed by atoms with Crippen molar-refractivity contribution in [2.24, 2.45) is 0 Å². The highest BCUT2D eigenvalue weighted by Gasteiger charge is 2.34. The van der Waals surface area contributed by atoms with Gasteiger partial charge in [-0.2, -0.15) is 0 Å². The number of halogens is 2. The molecule has 1 aromatic heterocycles. The molecule has 0 N–H and O–H groups in total. The summed E-state index contributed by atoms with van der Waals surface area (Å²) in [6, 6.07) is 12.9. The lowest BCUT2D eigenvalue weighted by Crippen LogP contribution is -2.27. The molecular formula is C23H16Cl2N2O3S2. The number of rotatable bonds is 3. The highest BCUT2D eigenvalue weighted by molar-refractivity contribution is 8.27. The molecule has 0 aliphatic carbocycles. The molecule has 1 fully saturated rings. The van der Waals surface area contributed by atoms with Gasteiger partial charge < -0.3 is 14.0 Å². The zero-order valence-electron chi connectivity index (χ0n) is 17.0. The summed E-state index contributed by atoms with van der Waals surface area (Å²) >= 11 is 19.1. The van der Waals surface area contributed by atoms with Crippen LogP contribution in [-0.2, 0) is 4.79 Å². The van der Waals surface area contributed by atoms with Crippen molar-refractivity contribution < 1.29 is 14.3 Å². The molecule has 162 valence electrons. The smallest absolute Gasteiger partial charge is 0.270 e. The number of aryl methyl sites for hydroxylation is 1. The molecule has 0 spiro atoms. The fourth-order valence-electron chi connectivity index (χ4n) is 3.81. The van der Waals surface area contributed by atoms with Crippen LogP contribution in [-0.4, -0.2) is 21.6 Å². The van der Waals surface area contributed by atoms with E-state index in [-0.39, 0.29) is 12.7 Å². The molecule has 3 heterocycles. The maximum Gasteiger partial charge on any atom is 0.270 e. The second-order valence-corrected chi connectivity index (χ2v) is 9.81. The number of carbonyl (C=O) groups excluding carboxylic acids is 1. The molecule has 5 rings (SSSR count). The van der Waals surface area contributed by atoms with E-state index in [9.17, 15) is 4.79 Å². The number of aromatic nitrogens is 1. The SMILES string of the molecule is Cc1cc(/C=C2/SC(=S)N(c3ccc4c(c3)OCO4)C2=O)c(C)n1-c1ccc(Cl)c(Cl)c1. The van der Waals surface area contributed by atoms with Crippen molar-refractivity contribution in [1.29, 1.82) is 0 Å². The van der Waals surface area contributed by atoms with Crippen LogP contribution < -0.4 is 14.4 Å². The van der Waals surface area contributed by atoms with Crippen molar-refractivity contribution in [3.05, 3.63) is 74.4 Å². The third-order valence-corrected chi connectivity index (χ3v) is 7.37. The Kier molecular flexibility index (Phi) is 5.45. The molecule has 32 heavy (non-hydrogen) atoms. The molecule has 0 saturated carbocycles. The van der Waals surface area contributed by atoms with Crippen molar-refractivity contribution in [2.75, 3.05) is 11.7 Å². The number of nitrogens with zero attached hydrogens (tertiary/aromatic N) is 2. The molecule has 1 saturated heterocycles. The van der Waals surface area contributed by atoms with Gasteiger partial charge in [-0.25, -0.2) is 0 Å². The van der Waals surface area contributed by atoms with Gasteiger partial charge in [-0.3, -0.25) is 9.69 Å². The van der Waals surface area contributed by atoms with Crippen LogP contribution in [0, 0.1) is 13.8 Å². The van der Waals surface area contributed by atoms with Gasteiger partial charge in [0.15, 0.2) is 15.8 Å². The minimum absolute atomic E-state index is 0.168. The molecule has 9 heteroatoms. The van der Waals surface area contributed by atoms with Gasteiger partial charge in [0.05, 0.1) is 20.6 Å². The second-order valence-electron chi connectivity index (χ2n) is 7.31. The van der Waals surface area contributed by atoms with Crippen LogP contribution in [0.5, 0.6) is 11.5 Å². The first-order chi connectivity index (χ1) is 15.3. The molecular weight excluding hydrogens is 487 g/mol. The maximum absolute atomic E-state index is 13.2. The normalized spacial score (nSPS) is 16.5. The zero-order chi connectivity index (χ0) is 22.6.